The Labute approximate surface area is 118 Å². The number of thioether (sulfide) groups is 1. The Bertz CT molecular complexity index is 458. The lowest BCUT2D eigenvalue weighted by Gasteiger charge is -2.13. The van der Waals surface area contributed by atoms with Crippen LogP contribution in [0.4, 0.5) is 5.69 Å². The van der Waals surface area contributed by atoms with Crippen molar-refractivity contribution in [3.8, 4) is 0 Å². The van der Waals surface area contributed by atoms with Crippen molar-refractivity contribution in [3.05, 3.63) is 29.3 Å². The van der Waals surface area contributed by atoms with E-state index in [1.807, 2.05) is 51.0 Å². The number of hydrogen-bond acceptors (Lipinski definition) is 3. The highest BCUT2D eigenvalue weighted by molar-refractivity contribution is 8.23. The number of nitrogens with one attached hydrogen (secondary N) is 1. The third-order valence-electron chi connectivity index (χ3n) is 2.36. The van der Waals surface area contributed by atoms with Crippen LogP contribution in [0.25, 0.3) is 0 Å². The van der Waals surface area contributed by atoms with E-state index in [-0.39, 0.29) is 5.91 Å². The number of carbonyl (C=O) groups is 1. The number of hydrogen-bond donors (Lipinski definition) is 1. The Balaban J connectivity index is 2.55. The average Bonchev–Trinajstić information content (AvgIpc) is 2.30. The highest BCUT2D eigenvalue weighted by atomic mass is 32.2. The van der Waals surface area contributed by atoms with Crippen molar-refractivity contribution in [1.82, 2.24) is 4.90 Å². The summed E-state index contributed by atoms with van der Waals surface area (Å²) in [6, 6.07) is 6.01. The normalized spacial score (nSPS) is 10.0. The van der Waals surface area contributed by atoms with Gasteiger partial charge in [0.15, 0.2) is 0 Å². The molecular weight excluding hydrogens is 264 g/mol. The molecule has 98 valence electrons. The summed E-state index contributed by atoms with van der Waals surface area (Å²) < 4.78 is 0.714. The van der Waals surface area contributed by atoms with Crippen LogP contribution in [0, 0.1) is 13.8 Å². The number of carbonyl (C=O) groups excluding carboxylic acids is 1. The highest BCUT2D eigenvalue weighted by Crippen LogP contribution is 2.17. The maximum Gasteiger partial charge on any atom is 0.234 e. The lowest BCUT2D eigenvalue weighted by molar-refractivity contribution is -0.113. The second-order valence-electron chi connectivity index (χ2n) is 4.32. The fraction of sp³-hybridized carbons (Fsp3) is 0.385. The van der Waals surface area contributed by atoms with Gasteiger partial charge in [-0.15, -0.1) is 0 Å². The van der Waals surface area contributed by atoms with Crippen LogP contribution in [-0.2, 0) is 4.79 Å². The van der Waals surface area contributed by atoms with Crippen LogP contribution in [0.5, 0.6) is 0 Å². The molecule has 0 unspecified atom stereocenters. The fourth-order valence-electron chi connectivity index (χ4n) is 1.31. The molecule has 18 heavy (non-hydrogen) atoms. The Morgan fingerprint density at radius 3 is 2.67 bits per heavy atom. The van der Waals surface area contributed by atoms with E-state index in [4.69, 9.17) is 12.2 Å². The van der Waals surface area contributed by atoms with Gasteiger partial charge in [-0.3, -0.25) is 4.79 Å². The van der Waals surface area contributed by atoms with Crippen molar-refractivity contribution >= 4 is 39.9 Å². The first kappa shape index (κ1) is 15.0. The molecule has 0 aliphatic heterocycles. The number of anilines is 1. The first-order chi connectivity index (χ1) is 8.40. The minimum Gasteiger partial charge on any atom is -0.364 e. The van der Waals surface area contributed by atoms with E-state index >= 15 is 0 Å². The minimum absolute atomic E-state index is 0.0297. The summed E-state index contributed by atoms with van der Waals surface area (Å²) in [4.78, 5) is 13.6. The molecular formula is C13H18N2OS2. The maximum absolute atomic E-state index is 11.8. The molecule has 0 saturated carbocycles. The number of thiocarbonyl (C=S) groups is 1. The van der Waals surface area contributed by atoms with Gasteiger partial charge in [0.25, 0.3) is 0 Å². The molecule has 0 atom stereocenters. The van der Waals surface area contributed by atoms with Crippen molar-refractivity contribution in [1.29, 1.82) is 0 Å². The van der Waals surface area contributed by atoms with E-state index < -0.39 is 0 Å². The number of aryl methyl sites for hydroxylation is 2. The molecule has 1 amide bonds. The monoisotopic (exact) mass is 282 g/mol. The molecule has 0 aliphatic rings. The van der Waals surface area contributed by atoms with Gasteiger partial charge in [0.2, 0.25) is 5.91 Å². The van der Waals surface area contributed by atoms with Crippen LogP contribution in [0.2, 0.25) is 0 Å². The summed E-state index contributed by atoms with van der Waals surface area (Å²) in [5, 5.41) is 2.91. The summed E-state index contributed by atoms with van der Waals surface area (Å²) in [6.45, 7) is 3.98. The van der Waals surface area contributed by atoms with E-state index in [0.29, 0.717) is 10.1 Å². The number of benzene rings is 1. The molecule has 3 nitrogen and oxygen atoms in total. The first-order valence-electron chi connectivity index (χ1n) is 5.61. The third kappa shape index (κ3) is 4.66. The molecule has 1 aromatic carbocycles. The standard InChI is InChI=1S/C13H18N2OS2/c1-9-5-6-10(2)11(7-9)14-12(16)8-18-13(17)15(3)4/h5-7H,8H2,1-4H3,(H,14,16). The number of nitrogens with zero attached hydrogens (tertiary/aromatic N) is 1. The molecule has 0 aliphatic carbocycles. The zero-order valence-electron chi connectivity index (χ0n) is 11.1. The van der Waals surface area contributed by atoms with Crippen LogP contribution in [0.1, 0.15) is 11.1 Å². The van der Waals surface area contributed by atoms with Gasteiger partial charge < -0.3 is 10.2 Å². The summed E-state index contributed by atoms with van der Waals surface area (Å²) in [5.74, 6) is 0.308. The molecule has 1 N–H and O–H groups in total. The summed E-state index contributed by atoms with van der Waals surface area (Å²) >= 11 is 6.48. The SMILES string of the molecule is Cc1ccc(C)c(NC(=O)CSC(=S)N(C)C)c1. The van der Waals surface area contributed by atoms with Gasteiger partial charge in [0.05, 0.1) is 5.75 Å². The predicted molar refractivity (Wildman–Crippen MR) is 83.3 cm³/mol. The molecule has 1 rings (SSSR count). The van der Waals surface area contributed by atoms with Crippen molar-refractivity contribution < 1.29 is 4.79 Å². The predicted octanol–water partition coefficient (Wildman–Crippen LogP) is 2.82. The van der Waals surface area contributed by atoms with Gasteiger partial charge in [0, 0.05) is 19.8 Å². The van der Waals surface area contributed by atoms with Crippen LogP contribution < -0.4 is 5.32 Å². The van der Waals surface area contributed by atoms with Crippen molar-refractivity contribution in [3.63, 3.8) is 0 Å². The van der Waals surface area contributed by atoms with Crippen LogP contribution >= 0.6 is 24.0 Å². The minimum atomic E-state index is -0.0297. The van der Waals surface area contributed by atoms with Gasteiger partial charge in [-0.2, -0.15) is 0 Å². The highest BCUT2D eigenvalue weighted by Gasteiger charge is 2.08. The van der Waals surface area contributed by atoms with Gasteiger partial charge in [-0.25, -0.2) is 0 Å². The average molecular weight is 282 g/mol. The smallest absolute Gasteiger partial charge is 0.234 e. The number of rotatable bonds is 3. The molecule has 0 spiro atoms. The second-order valence-corrected chi connectivity index (χ2v) is 5.92. The zero-order chi connectivity index (χ0) is 13.7. The van der Waals surface area contributed by atoms with Gasteiger partial charge in [-0.05, 0) is 31.0 Å². The molecule has 0 saturated heterocycles. The second kappa shape index (κ2) is 6.75. The summed E-state index contributed by atoms with van der Waals surface area (Å²) in [7, 11) is 3.75. The van der Waals surface area contributed by atoms with Crippen molar-refractivity contribution in [2.45, 2.75) is 13.8 Å². The summed E-state index contributed by atoms with van der Waals surface area (Å²) in [5.41, 5.74) is 3.07. The molecule has 0 fully saturated rings. The summed E-state index contributed by atoms with van der Waals surface area (Å²) in [6.07, 6.45) is 0. The van der Waals surface area contributed by atoms with Crippen LogP contribution in [-0.4, -0.2) is 35.0 Å². The third-order valence-corrected chi connectivity index (χ3v) is 4.10. The van der Waals surface area contributed by atoms with Gasteiger partial charge >= 0.3 is 0 Å². The van der Waals surface area contributed by atoms with E-state index in [2.05, 4.69) is 5.32 Å². The van der Waals surface area contributed by atoms with Crippen molar-refractivity contribution in [2.75, 3.05) is 25.2 Å². The lowest BCUT2D eigenvalue weighted by Crippen LogP contribution is -2.21. The molecule has 0 bridgehead atoms. The Kier molecular flexibility index (Phi) is 5.62. The first-order valence-corrected chi connectivity index (χ1v) is 7.00. The Hall–Kier alpha value is -1.07. The van der Waals surface area contributed by atoms with Crippen LogP contribution in [0.3, 0.4) is 0 Å². The molecule has 5 heteroatoms. The topological polar surface area (TPSA) is 32.3 Å². The van der Waals surface area contributed by atoms with E-state index in [1.165, 1.54) is 11.8 Å². The number of amides is 1. The molecule has 0 aromatic heterocycles. The van der Waals surface area contributed by atoms with Crippen molar-refractivity contribution in [2.24, 2.45) is 0 Å². The largest absolute Gasteiger partial charge is 0.364 e. The zero-order valence-corrected chi connectivity index (χ0v) is 12.7. The van der Waals surface area contributed by atoms with Crippen LogP contribution in [0.15, 0.2) is 18.2 Å². The van der Waals surface area contributed by atoms with E-state index in [0.717, 1.165) is 16.8 Å². The Morgan fingerprint density at radius 2 is 2.06 bits per heavy atom. The van der Waals surface area contributed by atoms with E-state index in [9.17, 15) is 4.79 Å². The molecule has 0 radical (unpaired) electrons. The quantitative estimate of drug-likeness (QED) is 0.864. The molecule has 0 heterocycles. The lowest BCUT2D eigenvalue weighted by atomic mass is 10.1. The maximum atomic E-state index is 11.8. The Morgan fingerprint density at radius 1 is 1.39 bits per heavy atom. The van der Waals surface area contributed by atoms with E-state index in [1.54, 1.807) is 0 Å². The molecule has 1 aromatic rings. The fourth-order valence-corrected chi connectivity index (χ4v) is 2.07. The van der Waals surface area contributed by atoms with Gasteiger partial charge in [-0.1, -0.05) is 36.1 Å². The van der Waals surface area contributed by atoms with Gasteiger partial charge in [0.1, 0.15) is 4.32 Å².